The normalized spacial score (nSPS) is 20.5. The van der Waals surface area contributed by atoms with Crippen LogP contribution in [0.2, 0.25) is 0 Å². The highest BCUT2D eigenvalue weighted by molar-refractivity contribution is 5.85. The largest absolute Gasteiger partial charge is 0.357 e. The number of aliphatic imine (C=N–C) groups is 1. The second-order valence-electron chi connectivity index (χ2n) is 5.88. The molecule has 0 radical (unpaired) electrons. The van der Waals surface area contributed by atoms with Crippen LogP contribution in [0.15, 0.2) is 17.1 Å². The van der Waals surface area contributed by atoms with Gasteiger partial charge in [0, 0.05) is 18.6 Å². The van der Waals surface area contributed by atoms with E-state index in [4.69, 9.17) is 0 Å². The number of hydrogen-bond acceptors (Lipinski definition) is 2. The van der Waals surface area contributed by atoms with Crippen LogP contribution < -0.4 is 16.0 Å². The summed E-state index contributed by atoms with van der Waals surface area (Å²) in [6.45, 7) is 3.04. The Hall–Kier alpha value is -1.52. The minimum absolute atomic E-state index is 0.0312. The molecule has 21 heavy (non-hydrogen) atoms. The van der Waals surface area contributed by atoms with E-state index in [0.717, 1.165) is 38.2 Å². The van der Waals surface area contributed by atoms with Crippen molar-refractivity contribution in [3.05, 3.63) is 12.2 Å². The van der Waals surface area contributed by atoms with Crippen LogP contribution in [0.5, 0.6) is 0 Å². The standard InChI is InChI=1S/C16H28N4O/c1-2-17-16(20-14-10-6-7-11-14)18-12-15(21)19-13-8-4-3-5-9-13/h6-7,13-14H,2-5,8-12H2,1H3,(H,19,21)(H2,17,18,20). The number of nitrogens with one attached hydrogen (secondary N) is 3. The molecule has 0 bridgehead atoms. The van der Waals surface area contributed by atoms with Crippen molar-refractivity contribution in [3.8, 4) is 0 Å². The van der Waals surface area contributed by atoms with E-state index in [9.17, 15) is 4.79 Å². The van der Waals surface area contributed by atoms with Gasteiger partial charge in [0.2, 0.25) is 5.91 Å². The topological polar surface area (TPSA) is 65.5 Å². The lowest BCUT2D eigenvalue weighted by Gasteiger charge is -2.22. The molecule has 5 nitrogen and oxygen atoms in total. The van der Waals surface area contributed by atoms with Crippen LogP contribution in [0.4, 0.5) is 0 Å². The first-order chi connectivity index (χ1) is 10.3. The minimum atomic E-state index is 0.0312. The summed E-state index contributed by atoms with van der Waals surface area (Å²) in [5, 5.41) is 9.67. The van der Waals surface area contributed by atoms with Crippen molar-refractivity contribution in [2.24, 2.45) is 4.99 Å². The number of hydrogen-bond donors (Lipinski definition) is 3. The summed E-state index contributed by atoms with van der Waals surface area (Å²) < 4.78 is 0. The lowest BCUT2D eigenvalue weighted by Crippen LogP contribution is -2.43. The maximum absolute atomic E-state index is 12.0. The van der Waals surface area contributed by atoms with E-state index in [1.165, 1.54) is 19.3 Å². The molecule has 2 aliphatic rings. The highest BCUT2D eigenvalue weighted by Crippen LogP contribution is 2.17. The zero-order chi connectivity index (χ0) is 14.9. The Labute approximate surface area is 127 Å². The minimum Gasteiger partial charge on any atom is -0.357 e. The van der Waals surface area contributed by atoms with Gasteiger partial charge in [-0.25, -0.2) is 4.99 Å². The van der Waals surface area contributed by atoms with E-state index in [0.29, 0.717) is 12.1 Å². The van der Waals surface area contributed by atoms with Crippen molar-refractivity contribution in [1.29, 1.82) is 0 Å². The summed E-state index contributed by atoms with van der Waals surface area (Å²) in [6.07, 6.45) is 12.4. The predicted molar refractivity (Wildman–Crippen MR) is 86.3 cm³/mol. The molecule has 0 atom stereocenters. The van der Waals surface area contributed by atoms with E-state index in [2.05, 4.69) is 33.1 Å². The molecule has 0 aromatic rings. The van der Waals surface area contributed by atoms with Gasteiger partial charge in [0.05, 0.1) is 0 Å². The van der Waals surface area contributed by atoms with E-state index >= 15 is 0 Å². The molecule has 0 saturated heterocycles. The molecule has 118 valence electrons. The molecular weight excluding hydrogens is 264 g/mol. The lowest BCUT2D eigenvalue weighted by atomic mass is 9.95. The van der Waals surface area contributed by atoms with Crippen LogP contribution in [0.1, 0.15) is 51.9 Å². The zero-order valence-corrected chi connectivity index (χ0v) is 13.0. The lowest BCUT2D eigenvalue weighted by molar-refractivity contribution is -0.120. The van der Waals surface area contributed by atoms with Crippen molar-refractivity contribution in [3.63, 3.8) is 0 Å². The predicted octanol–water partition coefficient (Wildman–Crippen LogP) is 1.71. The Morgan fingerprint density at radius 2 is 1.81 bits per heavy atom. The maximum atomic E-state index is 12.0. The average Bonchev–Trinajstić information content (AvgIpc) is 2.99. The van der Waals surface area contributed by atoms with Crippen molar-refractivity contribution in [1.82, 2.24) is 16.0 Å². The summed E-state index contributed by atoms with van der Waals surface area (Å²) in [6, 6.07) is 0.764. The SMILES string of the molecule is CCNC(=NCC(=O)NC1CCCCC1)NC1CC=CC1. The molecule has 2 aliphatic carbocycles. The molecule has 0 heterocycles. The molecular formula is C16H28N4O. The Bertz CT molecular complexity index is 378. The van der Waals surface area contributed by atoms with Crippen molar-refractivity contribution in [2.75, 3.05) is 13.1 Å². The Morgan fingerprint density at radius 3 is 2.48 bits per heavy atom. The summed E-state index contributed by atoms with van der Waals surface area (Å²) in [4.78, 5) is 16.4. The van der Waals surface area contributed by atoms with Crippen LogP contribution in [-0.2, 0) is 4.79 Å². The van der Waals surface area contributed by atoms with Gasteiger partial charge in [-0.05, 0) is 32.6 Å². The van der Waals surface area contributed by atoms with E-state index in [1.807, 2.05) is 6.92 Å². The van der Waals surface area contributed by atoms with Gasteiger partial charge in [0.15, 0.2) is 5.96 Å². The van der Waals surface area contributed by atoms with Crippen LogP contribution in [0.25, 0.3) is 0 Å². The number of guanidine groups is 1. The highest BCUT2D eigenvalue weighted by atomic mass is 16.1. The molecule has 5 heteroatoms. The first-order valence-electron chi connectivity index (χ1n) is 8.27. The van der Waals surface area contributed by atoms with Crippen LogP contribution in [0, 0.1) is 0 Å². The second-order valence-corrected chi connectivity index (χ2v) is 5.88. The van der Waals surface area contributed by atoms with Gasteiger partial charge in [-0.3, -0.25) is 4.79 Å². The van der Waals surface area contributed by atoms with Crippen LogP contribution in [0.3, 0.4) is 0 Å². The molecule has 1 amide bonds. The van der Waals surface area contributed by atoms with Gasteiger partial charge in [0.1, 0.15) is 6.54 Å². The molecule has 0 aliphatic heterocycles. The van der Waals surface area contributed by atoms with Crippen LogP contribution >= 0.6 is 0 Å². The molecule has 1 saturated carbocycles. The van der Waals surface area contributed by atoms with E-state index < -0.39 is 0 Å². The second kappa shape index (κ2) is 8.70. The third-order valence-electron chi connectivity index (χ3n) is 4.04. The van der Waals surface area contributed by atoms with E-state index in [1.54, 1.807) is 0 Å². The Balaban J connectivity index is 1.75. The number of nitrogens with zero attached hydrogens (tertiary/aromatic N) is 1. The van der Waals surface area contributed by atoms with Gasteiger partial charge in [-0.15, -0.1) is 0 Å². The third-order valence-corrected chi connectivity index (χ3v) is 4.04. The van der Waals surface area contributed by atoms with Gasteiger partial charge in [0.25, 0.3) is 0 Å². The molecule has 1 fully saturated rings. The van der Waals surface area contributed by atoms with Gasteiger partial charge in [-0.2, -0.15) is 0 Å². The van der Waals surface area contributed by atoms with Crippen molar-refractivity contribution in [2.45, 2.75) is 64.0 Å². The fourth-order valence-corrected chi connectivity index (χ4v) is 2.92. The maximum Gasteiger partial charge on any atom is 0.242 e. The van der Waals surface area contributed by atoms with Crippen molar-refractivity contribution >= 4 is 11.9 Å². The molecule has 0 unspecified atom stereocenters. The molecule has 0 aromatic carbocycles. The molecule has 3 N–H and O–H groups in total. The Kier molecular flexibility index (Phi) is 6.57. The van der Waals surface area contributed by atoms with E-state index in [-0.39, 0.29) is 12.5 Å². The monoisotopic (exact) mass is 292 g/mol. The Morgan fingerprint density at radius 1 is 1.10 bits per heavy atom. The van der Waals surface area contributed by atoms with Gasteiger partial charge in [-0.1, -0.05) is 31.4 Å². The summed E-state index contributed by atoms with van der Waals surface area (Å²) in [5.41, 5.74) is 0. The molecule has 2 rings (SSSR count). The first kappa shape index (κ1) is 15.9. The third kappa shape index (κ3) is 5.78. The first-order valence-corrected chi connectivity index (χ1v) is 8.27. The molecule has 0 spiro atoms. The zero-order valence-electron chi connectivity index (χ0n) is 13.0. The summed E-state index contributed by atoms with van der Waals surface area (Å²) in [7, 11) is 0. The number of carbonyl (C=O) groups is 1. The van der Waals surface area contributed by atoms with Gasteiger partial charge >= 0.3 is 0 Å². The number of amides is 1. The molecule has 0 aromatic heterocycles. The highest BCUT2D eigenvalue weighted by Gasteiger charge is 2.16. The van der Waals surface area contributed by atoms with Crippen LogP contribution in [-0.4, -0.2) is 37.0 Å². The summed E-state index contributed by atoms with van der Waals surface area (Å²) >= 11 is 0. The number of carbonyl (C=O) groups excluding carboxylic acids is 1. The quantitative estimate of drug-likeness (QED) is 0.410. The fourth-order valence-electron chi connectivity index (χ4n) is 2.92. The number of rotatable bonds is 5. The van der Waals surface area contributed by atoms with Crippen molar-refractivity contribution < 1.29 is 4.79 Å². The summed E-state index contributed by atoms with van der Waals surface area (Å²) in [5.74, 6) is 0.772. The smallest absolute Gasteiger partial charge is 0.242 e. The van der Waals surface area contributed by atoms with Gasteiger partial charge < -0.3 is 16.0 Å². The average molecular weight is 292 g/mol. The fraction of sp³-hybridized carbons (Fsp3) is 0.750.